The molecule has 3 rings (SSSR count). The van der Waals surface area contributed by atoms with Crippen LogP contribution in [0.25, 0.3) is 10.9 Å². The summed E-state index contributed by atoms with van der Waals surface area (Å²) in [4.78, 5) is 20.9. The van der Waals surface area contributed by atoms with E-state index in [-0.39, 0.29) is 11.4 Å². The first kappa shape index (κ1) is 18.9. The fraction of sp³-hybridized carbons (Fsp3) is 0.571. The van der Waals surface area contributed by atoms with Crippen molar-refractivity contribution in [2.24, 2.45) is 0 Å². The highest BCUT2D eigenvalue weighted by Gasteiger charge is 2.36. The summed E-state index contributed by atoms with van der Waals surface area (Å²) in [6.07, 6.45) is 3.12. The number of hydrogen-bond acceptors (Lipinski definition) is 3. The molecule has 2 N–H and O–H groups in total. The molecular formula is C21H32N4O. The molecule has 1 aromatic heterocycles. The standard InChI is InChI=1S/C21H32N4O/c1-6-17-15(2)23-19-8-7-16(13-18(17)19)20(26)22-14-21(24(3)4)9-11-25(5)12-10-21/h7-8,13,23H,6,9-12,14H2,1-5H3,(H,22,26). The van der Waals surface area contributed by atoms with Gasteiger partial charge in [-0.3, -0.25) is 4.79 Å². The Balaban J connectivity index is 1.76. The Bertz CT molecular complexity index is 785. The van der Waals surface area contributed by atoms with Gasteiger partial charge in [-0.2, -0.15) is 0 Å². The number of nitrogens with zero attached hydrogens (tertiary/aromatic N) is 2. The third kappa shape index (κ3) is 3.51. The molecule has 0 radical (unpaired) electrons. The first-order valence-corrected chi connectivity index (χ1v) is 9.61. The van der Waals surface area contributed by atoms with Gasteiger partial charge in [0.2, 0.25) is 0 Å². The molecule has 1 aliphatic rings. The Kier molecular flexibility index (Phi) is 5.39. The number of nitrogens with one attached hydrogen (secondary N) is 2. The first-order valence-electron chi connectivity index (χ1n) is 9.61. The van der Waals surface area contributed by atoms with Gasteiger partial charge in [0.25, 0.3) is 5.91 Å². The average Bonchev–Trinajstić information content (AvgIpc) is 2.95. The van der Waals surface area contributed by atoms with Gasteiger partial charge < -0.3 is 20.1 Å². The van der Waals surface area contributed by atoms with Gasteiger partial charge in [0.1, 0.15) is 0 Å². The number of carbonyl (C=O) groups is 1. The summed E-state index contributed by atoms with van der Waals surface area (Å²) in [5.74, 6) is 0.0213. The molecule has 1 amide bonds. The molecule has 0 spiro atoms. The number of likely N-dealkylation sites (N-methyl/N-ethyl adjacent to an activating group) is 1. The molecule has 5 nitrogen and oxygen atoms in total. The van der Waals surface area contributed by atoms with Crippen molar-refractivity contribution >= 4 is 16.8 Å². The Labute approximate surface area is 156 Å². The minimum absolute atomic E-state index is 0.0213. The largest absolute Gasteiger partial charge is 0.358 e. The van der Waals surface area contributed by atoms with Gasteiger partial charge in [-0.25, -0.2) is 0 Å². The van der Waals surface area contributed by atoms with Crippen molar-refractivity contribution in [2.75, 3.05) is 40.8 Å². The zero-order valence-electron chi connectivity index (χ0n) is 16.8. The van der Waals surface area contributed by atoms with Crippen molar-refractivity contribution in [3.63, 3.8) is 0 Å². The first-order chi connectivity index (χ1) is 12.4. The lowest BCUT2D eigenvalue weighted by atomic mass is 9.86. The van der Waals surface area contributed by atoms with Gasteiger partial charge in [0, 0.05) is 34.2 Å². The molecule has 0 unspecified atom stereocenters. The van der Waals surface area contributed by atoms with Crippen LogP contribution in [-0.2, 0) is 6.42 Å². The molecule has 26 heavy (non-hydrogen) atoms. The number of H-pyrrole nitrogens is 1. The quantitative estimate of drug-likeness (QED) is 0.866. The van der Waals surface area contributed by atoms with Gasteiger partial charge in [-0.05, 0) is 84.2 Å². The fourth-order valence-electron chi connectivity index (χ4n) is 4.14. The summed E-state index contributed by atoms with van der Waals surface area (Å²) in [7, 11) is 6.41. The van der Waals surface area contributed by atoms with Gasteiger partial charge in [-0.15, -0.1) is 0 Å². The second kappa shape index (κ2) is 7.41. The lowest BCUT2D eigenvalue weighted by Gasteiger charge is -2.45. The monoisotopic (exact) mass is 356 g/mol. The number of benzene rings is 1. The van der Waals surface area contributed by atoms with E-state index in [1.807, 2.05) is 18.2 Å². The minimum Gasteiger partial charge on any atom is -0.358 e. The van der Waals surface area contributed by atoms with Crippen molar-refractivity contribution in [2.45, 2.75) is 38.6 Å². The number of piperidine rings is 1. The lowest BCUT2D eigenvalue weighted by Crippen LogP contribution is -2.57. The third-order valence-electron chi connectivity index (χ3n) is 6.18. The molecule has 2 heterocycles. The van der Waals surface area contributed by atoms with Gasteiger partial charge in [0.15, 0.2) is 0 Å². The van der Waals surface area contributed by atoms with Crippen LogP contribution in [0.15, 0.2) is 18.2 Å². The van der Waals surface area contributed by atoms with Crippen LogP contribution < -0.4 is 5.32 Å². The molecule has 1 fully saturated rings. The summed E-state index contributed by atoms with van der Waals surface area (Å²) in [5.41, 5.74) is 4.39. The highest BCUT2D eigenvalue weighted by atomic mass is 16.1. The van der Waals surface area contributed by atoms with E-state index in [1.54, 1.807) is 0 Å². The van der Waals surface area contributed by atoms with Crippen LogP contribution in [0.5, 0.6) is 0 Å². The van der Waals surface area contributed by atoms with Crippen molar-refractivity contribution in [1.82, 2.24) is 20.1 Å². The van der Waals surface area contributed by atoms with E-state index in [0.717, 1.165) is 43.4 Å². The van der Waals surface area contributed by atoms with E-state index in [1.165, 1.54) is 16.6 Å². The normalized spacial score (nSPS) is 17.8. The summed E-state index contributed by atoms with van der Waals surface area (Å²) >= 11 is 0. The minimum atomic E-state index is 0.0213. The molecule has 0 saturated carbocycles. The van der Waals surface area contributed by atoms with Crippen LogP contribution in [0.2, 0.25) is 0 Å². The van der Waals surface area contributed by atoms with E-state index in [0.29, 0.717) is 6.54 Å². The Hall–Kier alpha value is -1.85. The maximum Gasteiger partial charge on any atom is 0.251 e. The topological polar surface area (TPSA) is 51.4 Å². The number of fused-ring (bicyclic) bond motifs is 1. The fourth-order valence-corrected chi connectivity index (χ4v) is 4.14. The smallest absolute Gasteiger partial charge is 0.251 e. The predicted octanol–water partition coefficient (Wildman–Crippen LogP) is 2.79. The molecule has 0 aliphatic carbocycles. The van der Waals surface area contributed by atoms with Gasteiger partial charge in [-0.1, -0.05) is 6.92 Å². The number of aromatic nitrogens is 1. The van der Waals surface area contributed by atoms with Crippen LogP contribution >= 0.6 is 0 Å². The number of aromatic amines is 1. The molecule has 5 heteroatoms. The van der Waals surface area contributed by atoms with E-state index >= 15 is 0 Å². The highest BCUT2D eigenvalue weighted by Crippen LogP contribution is 2.27. The number of amides is 1. The van der Waals surface area contributed by atoms with E-state index in [2.05, 4.69) is 55.1 Å². The van der Waals surface area contributed by atoms with Crippen LogP contribution in [0.3, 0.4) is 0 Å². The Morgan fingerprint density at radius 2 is 2.00 bits per heavy atom. The second-order valence-corrected chi connectivity index (χ2v) is 7.95. The molecule has 0 atom stereocenters. The maximum atomic E-state index is 12.8. The Morgan fingerprint density at radius 1 is 1.31 bits per heavy atom. The lowest BCUT2D eigenvalue weighted by molar-refractivity contribution is 0.0612. The molecule has 2 aromatic rings. The van der Waals surface area contributed by atoms with Crippen LogP contribution in [0, 0.1) is 6.92 Å². The molecule has 142 valence electrons. The molecule has 1 aliphatic heterocycles. The number of rotatable bonds is 5. The summed E-state index contributed by atoms with van der Waals surface area (Å²) in [6.45, 7) is 7.09. The van der Waals surface area contributed by atoms with Crippen molar-refractivity contribution in [3.8, 4) is 0 Å². The van der Waals surface area contributed by atoms with Crippen molar-refractivity contribution < 1.29 is 4.79 Å². The number of carbonyl (C=O) groups excluding carboxylic acids is 1. The van der Waals surface area contributed by atoms with Gasteiger partial charge in [0.05, 0.1) is 0 Å². The Morgan fingerprint density at radius 3 is 2.62 bits per heavy atom. The molecular weight excluding hydrogens is 324 g/mol. The number of hydrogen-bond donors (Lipinski definition) is 2. The third-order valence-corrected chi connectivity index (χ3v) is 6.18. The molecule has 1 aromatic carbocycles. The van der Waals surface area contributed by atoms with Crippen LogP contribution in [0.1, 0.15) is 41.4 Å². The molecule has 1 saturated heterocycles. The van der Waals surface area contributed by atoms with Crippen LogP contribution in [-0.4, -0.2) is 67.0 Å². The predicted molar refractivity (Wildman–Crippen MR) is 108 cm³/mol. The van der Waals surface area contributed by atoms with Crippen LogP contribution in [0.4, 0.5) is 0 Å². The van der Waals surface area contributed by atoms with E-state index in [4.69, 9.17) is 0 Å². The summed E-state index contributed by atoms with van der Waals surface area (Å²) < 4.78 is 0. The maximum absolute atomic E-state index is 12.8. The zero-order chi connectivity index (χ0) is 18.9. The summed E-state index contributed by atoms with van der Waals surface area (Å²) in [6, 6.07) is 5.97. The van der Waals surface area contributed by atoms with E-state index < -0.39 is 0 Å². The number of likely N-dealkylation sites (tertiary alicyclic amines) is 1. The zero-order valence-corrected chi connectivity index (χ0v) is 16.8. The average molecular weight is 357 g/mol. The summed E-state index contributed by atoms with van der Waals surface area (Å²) in [5, 5.41) is 4.37. The SMILES string of the molecule is CCc1c(C)[nH]c2ccc(C(=O)NCC3(N(C)C)CCN(C)CC3)cc12. The van der Waals surface area contributed by atoms with Crippen molar-refractivity contribution in [3.05, 3.63) is 35.0 Å². The molecule has 0 bridgehead atoms. The van der Waals surface area contributed by atoms with Crippen molar-refractivity contribution in [1.29, 1.82) is 0 Å². The second-order valence-electron chi connectivity index (χ2n) is 7.95. The number of aryl methyl sites for hydroxylation is 2. The highest BCUT2D eigenvalue weighted by molar-refractivity contribution is 5.99. The van der Waals surface area contributed by atoms with E-state index in [9.17, 15) is 4.79 Å². The van der Waals surface area contributed by atoms with Gasteiger partial charge >= 0.3 is 0 Å².